The van der Waals surface area contributed by atoms with Crippen LogP contribution in [-0.4, -0.2) is 46.2 Å². The lowest BCUT2D eigenvalue weighted by Crippen LogP contribution is -2.51. The van der Waals surface area contributed by atoms with Gasteiger partial charge in [-0.05, 0) is 46.6 Å². The van der Waals surface area contributed by atoms with Crippen molar-refractivity contribution >= 4 is 11.9 Å². The fraction of sp³-hybridized carbons (Fsp3) is 0.688. The van der Waals surface area contributed by atoms with E-state index in [9.17, 15) is 9.90 Å². The predicted molar refractivity (Wildman–Crippen MR) is 85.8 cm³/mol. The van der Waals surface area contributed by atoms with Crippen LogP contribution in [0.2, 0.25) is 0 Å². The minimum atomic E-state index is -0.588. The van der Waals surface area contributed by atoms with Gasteiger partial charge in [0, 0.05) is 24.5 Å². The fourth-order valence-corrected chi connectivity index (χ4v) is 2.70. The van der Waals surface area contributed by atoms with Gasteiger partial charge in [-0.3, -0.25) is 4.79 Å². The summed E-state index contributed by atoms with van der Waals surface area (Å²) in [6.07, 6.45) is 1.79. The number of aliphatic hydroxyl groups is 1. The Kier molecular flexibility index (Phi) is 5.01. The largest absolute Gasteiger partial charge is 0.394 e. The standard InChI is InChI=1S/C16H26N4O2/c1-11-8-12(2)18-15(17-11)20-7-5-6-13(9-20)14(22)19-16(3,4)10-21/h8,13,21H,5-7,9-10H2,1-4H3,(H,19,22)/t13-/m1/s1. The van der Waals surface area contributed by atoms with E-state index < -0.39 is 5.54 Å². The summed E-state index contributed by atoms with van der Waals surface area (Å²) >= 11 is 0. The van der Waals surface area contributed by atoms with Crippen molar-refractivity contribution in [1.82, 2.24) is 15.3 Å². The first-order valence-electron chi connectivity index (χ1n) is 7.81. The van der Waals surface area contributed by atoms with Gasteiger partial charge in [-0.15, -0.1) is 0 Å². The first kappa shape index (κ1) is 16.7. The van der Waals surface area contributed by atoms with Gasteiger partial charge < -0.3 is 15.3 Å². The second-order valence-corrected chi connectivity index (χ2v) is 6.77. The molecule has 1 atom stereocenters. The van der Waals surface area contributed by atoms with Crippen molar-refractivity contribution in [3.8, 4) is 0 Å². The number of piperidine rings is 1. The van der Waals surface area contributed by atoms with E-state index in [1.54, 1.807) is 0 Å². The maximum atomic E-state index is 12.4. The summed E-state index contributed by atoms with van der Waals surface area (Å²) in [6, 6.07) is 1.95. The Morgan fingerprint density at radius 2 is 2.05 bits per heavy atom. The Morgan fingerprint density at radius 3 is 2.64 bits per heavy atom. The van der Waals surface area contributed by atoms with Gasteiger partial charge in [0.05, 0.1) is 18.1 Å². The second-order valence-electron chi connectivity index (χ2n) is 6.77. The number of hydrogen-bond acceptors (Lipinski definition) is 5. The molecule has 0 spiro atoms. The molecule has 6 nitrogen and oxygen atoms in total. The van der Waals surface area contributed by atoms with Gasteiger partial charge in [0.2, 0.25) is 11.9 Å². The Morgan fingerprint density at radius 1 is 1.41 bits per heavy atom. The normalized spacial score (nSPS) is 19.1. The molecule has 0 saturated carbocycles. The van der Waals surface area contributed by atoms with E-state index in [0.29, 0.717) is 12.5 Å². The van der Waals surface area contributed by atoms with Gasteiger partial charge >= 0.3 is 0 Å². The number of aliphatic hydroxyl groups excluding tert-OH is 1. The van der Waals surface area contributed by atoms with Crippen molar-refractivity contribution in [2.24, 2.45) is 5.92 Å². The first-order chi connectivity index (χ1) is 10.3. The van der Waals surface area contributed by atoms with Gasteiger partial charge in [-0.1, -0.05) is 0 Å². The summed E-state index contributed by atoms with van der Waals surface area (Å²) in [5.41, 5.74) is 1.29. The van der Waals surface area contributed by atoms with E-state index in [-0.39, 0.29) is 18.4 Å². The van der Waals surface area contributed by atoms with Crippen LogP contribution in [0.1, 0.15) is 38.1 Å². The van der Waals surface area contributed by atoms with E-state index in [2.05, 4.69) is 20.2 Å². The third-order valence-electron chi connectivity index (χ3n) is 3.90. The molecule has 0 aliphatic carbocycles. The first-order valence-corrected chi connectivity index (χ1v) is 7.81. The SMILES string of the molecule is Cc1cc(C)nc(N2CCC[C@@H](C(=O)NC(C)(C)CO)C2)n1. The summed E-state index contributed by atoms with van der Waals surface area (Å²) in [7, 11) is 0. The molecule has 2 rings (SSSR count). The van der Waals surface area contributed by atoms with Crippen molar-refractivity contribution in [3.05, 3.63) is 17.5 Å². The topological polar surface area (TPSA) is 78.4 Å². The maximum absolute atomic E-state index is 12.4. The molecule has 22 heavy (non-hydrogen) atoms. The van der Waals surface area contributed by atoms with Crippen LogP contribution in [0.25, 0.3) is 0 Å². The number of hydrogen-bond donors (Lipinski definition) is 2. The third-order valence-corrected chi connectivity index (χ3v) is 3.90. The van der Waals surface area contributed by atoms with Crippen LogP contribution in [-0.2, 0) is 4.79 Å². The van der Waals surface area contributed by atoms with E-state index in [0.717, 1.165) is 30.8 Å². The Bertz CT molecular complexity index is 525. The van der Waals surface area contributed by atoms with E-state index in [4.69, 9.17) is 0 Å². The lowest BCUT2D eigenvalue weighted by Gasteiger charge is -2.34. The Balaban J connectivity index is 2.07. The molecule has 1 amide bonds. The maximum Gasteiger partial charge on any atom is 0.225 e. The summed E-state index contributed by atoms with van der Waals surface area (Å²) in [4.78, 5) is 23.4. The number of rotatable bonds is 4. The third kappa shape index (κ3) is 4.16. The molecule has 2 N–H and O–H groups in total. The lowest BCUT2D eigenvalue weighted by atomic mass is 9.95. The van der Waals surface area contributed by atoms with Crippen LogP contribution in [0.15, 0.2) is 6.07 Å². The minimum absolute atomic E-state index is 0.00637. The minimum Gasteiger partial charge on any atom is -0.394 e. The van der Waals surface area contributed by atoms with E-state index >= 15 is 0 Å². The Hall–Kier alpha value is -1.69. The summed E-state index contributed by atoms with van der Waals surface area (Å²) in [5, 5.41) is 12.2. The van der Waals surface area contributed by atoms with Gasteiger partial charge in [0.25, 0.3) is 0 Å². The zero-order chi connectivity index (χ0) is 16.3. The molecule has 1 aromatic heterocycles. The smallest absolute Gasteiger partial charge is 0.225 e. The number of aromatic nitrogens is 2. The molecule has 1 aliphatic rings. The van der Waals surface area contributed by atoms with Crippen LogP contribution in [0.5, 0.6) is 0 Å². The average molecular weight is 306 g/mol. The predicted octanol–water partition coefficient (Wildman–Crippen LogP) is 1.20. The highest BCUT2D eigenvalue weighted by Crippen LogP contribution is 2.21. The summed E-state index contributed by atoms with van der Waals surface area (Å²) < 4.78 is 0. The molecule has 1 fully saturated rings. The molecule has 1 aliphatic heterocycles. The molecule has 0 aromatic carbocycles. The molecule has 1 aromatic rings. The number of carbonyl (C=O) groups excluding carboxylic acids is 1. The summed E-state index contributed by atoms with van der Waals surface area (Å²) in [6.45, 7) is 8.96. The van der Waals surface area contributed by atoms with Gasteiger partial charge in [-0.25, -0.2) is 9.97 Å². The van der Waals surface area contributed by atoms with Gasteiger partial charge in [-0.2, -0.15) is 0 Å². The molecule has 0 radical (unpaired) electrons. The molecule has 0 bridgehead atoms. The molecule has 6 heteroatoms. The lowest BCUT2D eigenvalue weighted by molar-refractivity contribution is -0.127. The number of aryl methyl sites for hydroxylation is 2. The van der Waals surface area contributed by atoms with Gasteiger partial charge in [0.15, 0.2) is 0 Å². The highest BCUT2D eigenvalue weighted by molar-refractivity contribution is 5.80. The van der Waals surface area contributed by atoms with Crippen molar-refractivity contribution in [3.63, 3.8) is 0 Å². The van der Waals surface area contributed by atoms with Gasteiger partial charge in [0.1, 0.15) is 0 Å². The highest BCUT2D eigenvalue weighted by Gasteiger charge is 2.30. The average Bonchev–Trinajstić information content (AvgIpc) is 2.46. The van der Waals surface area contributed by atoms with Crippen molar-refractivity contribution in [2.45, 2.75) is 46.1 Å². The van der Waals surface area contributed by atoms with Crippen LogP contribution in [0, 0.1) is 19.8 Å². The molecule has 2 heterocycles. The molecule has 122 valence electrons. The number of nitrogens with one attached hydrogen (secondary N) is 1. The Labute approximate surface area is 132 Å². The number of carbonyl (C=O) groups is 1. The molecule has 0 unspecified atom stereocenters. The van der Waals surface area contributed by atoms with Crippen molar-refractivity contribution in [1.29, 1.82) is 0 Å². The van der Waals surface area contributed by atoms with Crippen LogP contribution >= 0.6 is 0 Å². The number of anilines is 1. The van der Waals surface area contributed by atoms with E-state index in [1.807, 2.05) is 33.8 Å². The zero-order valence-electron chi connectivity index (χ0n) is 13.9. The molecular weight excluding hydrogens is 280 g/mol. The number of amides is 1. The van der Waals surface area contributed by atoms with Crippen LogP contribution in [0.3, 0.4) is 0 Å². The fourth-order valence-electron chi connectivity index (χ4n) is 2.70. The van der Waals surface area contributed by atoms with E-state index in [1.165, 1.54) is 0 Å². The summed E-state index contributed by atoms with van der Waals surface area (Å²) in [5.74, 6) is 0.605. The molecular formula is C16H26N4O2. The molecule has 1 saturated heterocycles. The second kappa shape index (κ2) is 6.60. The highest BCUT2D eigenvalue weighted by atomic mass is 16.3. The van der Waals surface area contributed by atoms with Crippen LogP contribution < -0.4 is 10.2 Å². The quantitative estimate of drug-likeness (QED) is 0.874. The number of nitrogens with zero attached hydrogens (tertiary/aromatic N) is 3. The monoisotopic (exact) mass is 306 g/mol. The van der Waals surface area contributed by atoms with Crippen molar-refractivity contribution in [2.75, 3.05) is 24.6 Å². The van der Waals surface area contributed by atoms with Crippen LogP contribution in [0.4, 0.5) is 5.95 Å². The zero-order valence-corrected chi connectivity index (χ0v) is 13.9. The van der Waals surface area contributed by atoms with Crippen molar-refractivity contribution < 1.29 is 9.90 Å².